The average Bonchev–Trinajstić information content (AvgIpc) is 2.81. The van der Waals surface area contributed by atoms with Crippen molar-refractivity contribution in [2.24, 2.45) is 0 Å². The van der Waals surface area contributed by atoms with Gasteiger partial charge in [-0.3, -0.25) is 0 Å². The zero-order valence-corrected chi connectivity index (χ0v) is 17.5. The molecule has 2 aromatic carbocycles. The summed E-state index contributed by atoms with van der Waals surface area (Å²) in [4.78, 5) is 12.3. The van der Waals surface area contributed by atoms with Crippen molar-refractivity contribution in [3.63, 3.8) is 0 Å². The molecule has 1 aromatic heterocycles. The average molecular weight is 444 g/mol. The standard InChI is InChI=1S/C23H24O9/c1-11-16(30-23-21(28)20(27)19(26)17(10-24)31-23)8-7-14-15(9-18(25)32-22(11)14)12-3-5-13(29-2)6-4-12/h3-9,17,19-21,23-24,26-28H,10H2,1-2H3/t17-,19+,20+,21-,23-/m1/s1. The van der Waals surface area contributed by atoms with Gasteiger partial charge < -0.3 is 39.1 Å². The highest BCUT2D eigenvalue weighted by molar-refractivity contribution is 5.95. The number of ether oxygens (including phenoxy) is 3. The SMILES string of the molecule is COc1ccc(-c2cc(=O)oc3c(C)c(O[C@@H]4O[C@H](CO)[C@H](O)[C@H](O)[C@H]4O)ccc23)cc1. The first-order valence-corrected chi connectivity index (χ1v) is 10.0. The van der Waals surface area contributed by atoms with Crippen LogP contribution < -0.4 is 15.1 Å². The Balaban J connectivity index is 1.72. The van der Waals surface area contributed by atoms with E-state index >= 15 is 0 Å². The summed E-state index contributed by atoms with van der Waals surface area (Å²) in [6.07, 6.45) is -7.05. The van der Waals surface area contributed by atoms with Crippen molar-refractivity contribution in [1.82, 2.24) is 0 Å². The highest BCUT2D eigenvalue weighted by Crippen LogP contribution is 2.35. The van der Waals surface area contributed by atoms with E-state index in [1.807, 2.05) is 12.1 Å². The van der Waals surface area contributed by atoms with Crippen LogP contribution in [-0.4, -0.2) is 64.8 Å². The second kappa shape index (κ2) is 8.89. The molecule has 170 valence electrons. The molecular weight excluding hydrogens is 420 g/mol. The van der Waals surface area contributed by atoms with Gasteiger partial charge in [-0.05, 0) is 42.3 Å². The maximum absolute atomic E-state index is 12.3. The third-order valence-electron chi connectivity index (χ3n) is 5.60. The lowest BCUT2D eigenvalue weighted by molar-refractivity contribution is -0.277. The van der Waals surface area contributed by atoms with Crippen molar-refractivity contribution in [2.45, 2.75) is 37.6 Å². The molecule has 0 unspecified atom stereocenters. The van der Waals surface area contributed by atoms with Crippen LogP contribution in [0, 0.1) is 6.92 Å². The second-order valence-corrected chi connectivity index (χ2v) is 7.59. The van der Waals surface area contributed by atoms with Crippen molar-refractivity contribution in [3.05, 3.63) is 58.4 Å². The van der Waals surface area contributed by atoms with E-state index in [1.165, 1.54) is 6.07 Å². The molecule has 4 N–H and O–H groups in total. The largest absolute Gasteiger partial charge is 0.497 e. The first-order chi connectivity index (χ1) is 15.3. The zero-order valence-electron chi connectivity index (χ0n) is 17.5. The van der Waals surface area contributed by atoms with Gasteiger partial charge in [0.1, 0.15) is 41.5 Å². The van der Waals surface area contributed by atoms with Gasteiger partial charge in [-0.25, -0.2) is 4.79 Å². The lowest BCUT2D eigenvalue weighted by Crippen LogP contribution is -2.60. The smallest absolute Gasteiger partial charge is 0.336 e. The minimum absolute atomic E-state index is 0.247. The summed E-state index contributed by atoms with van der Waals surface area (Å²) in [5.41, 5.74) is 1.70. The molecule has 1 saturated heterocycles. The number of rotatable bonds is 5. The third kappa shape index (κ3) is 3.96. The van der Waals surface area contributed by atoms with E-state index in [0.29, 0.717) is 27.8 Å². The van der Waals surface area contributed by atoms with Crippen LogP contribution in [0.4, 0.5) is 0 Å². The van der Waals surface area contributed by atoms with Gasteiger partial charge in [0, 0.05) is 17.0 Å². The Morgan fingerprint density at radius 1 is 1.00 bits per heavy atom. The Bertz CT molecular complexity index is 1150. The molecule has 4 rings (SSSR count). The van der Waals surface area contributed by atoms with Crippen LogP contribution in [-0.2, 0) is 4.74 Å². The zero-order chi connectivity index (χ0) is 23.0. The molecule has 0 spiro atoms. The van der Waals surface area contributed by atoms with Gasteiger partial charge in [-0.1, -0.05) is 12.1 Å². The Morgan fingerprint density at radius 2 is 1.72 bits per heavy atom. The van der Waals surface area contributed by atoms with E-state index in [4.69, 9.17) is 18.6 Å². The lowest BCUT2D eigenvalue weighted by atomic mass is 9.99. The quantitative estimate of drug-likeness (QED) is 0.424. The van der Waals surface area contributed by atoms with Crippen LogP contribution in [0.1, 0.15) is 5.56 Å². The maximum Gasteiger partial charge on any atom is 0.336 e. The van der Waals surface area contributed by atoms with Gasteiger partial charge in [-0.2, -0.15) is 0 Å². The molecule has 1 fully saturated rings. The van der Waals surface area contributed by atoms with Gasteiger partial charge in [0.15, 0.2) is 0 Å². The van der Waals surface area contributed by atoms with E-state index in [2.05, 4.69) is 0 Å². The van der Waals surface area contributed by atoms with Crippen LogP contribution in [0.15, 0.2) is 51.7 Å². The fraction of sp³-hybridized carbons (Fsp3) is 0.348. The Labute approximate surface area is 183 Å². The summed E-state index contributed by atoms with van der Waals surface area (Å²) >= 11 is 0. The number of benzene rings is 2. The summed E-state index contributed by atoms with van der Waals surface area (Å²) in [5, 5.41) is 40.2. The molecule has 32 heavy (non-hydrogen) atoms. The van der Waals surface area contributed by atoms with Crippen LogP contribution >= 0.6 is 0 Å². The number of methoxy groups -OCH3 is 1. The molecule has 0 bridgehead atoms. The fourth-order valence-electron chi connectivity index (χ4n) is 3.77. The number of hydrogen-bond donors (Lipinski definition) is 4. The van der Waals surface area contributed by atoms with Crippen molar-refractivity contribution in [1.29, 1.82) is 0 Å². The summed E-state index contributed by atoms with van der Waals surface area (Å²) < 4.78 is 21.8. The number of fused-ring (bicyclic) bond motifs is 1. The van der Waals surface area contributed by atoms with Gasteiger partial charge in [0.2, 0.25) is 6.29 Å². The van der Waals surface area contributed by atoms with E-state index in [-0.39, 0.29) is 5.75 Å². The van der Waals surface area contributed by atoms with Crippen LogP contribution in [0.2, 0.25) is 0 Å². The Kier molecular flexibility index (Phi) is 6.18. The van der Waals surface area contributed by atoms with Crippen LogP contribution in [0.5, 0.6) is 11.5 Å². The van der Waals surface area contributed by atoms with Crippen molar-refractivity contribution in [3.8, 4) is 22.6 Å². The van der Waals surface area contributed by atoms with E-state index in [0.717, 1.165) is 5.56 Å². The highest BCUT2D eigenvalue weighted by atomic mass is 16.7. The Morgan fingerprint density at radius 3 is 2.38 bits per heavy atom. The molecule has 3 aromatic rings. The summed E-state index contributed by atoms with van der Waals surface area (Å²) in [6.45, 7) is 1.12. The van der Waals surface area contributed by atoms with Gasteiger partial charge in [-0.15, -0.1) is 0 Å². The monoisotopic (exact) mass is 444 g/mol. The van der Waals surface area contributed by atoms with Crippen LogP contribution in [0.25, 0.3) is 22.1 Å². The number of aliphatic hydroxyl groups is 4. The minimum atomic E-state index is -1.56. The summed E-state index contributed by atoms with van der Waals surface area (Å²) in [7, 11) is 1.57. The van der Waals surface area contributed by atoms with Crippen molar-refractivity contribution in [2.75, 3.05) is 13.7 Å². The molecule has 2 heterocycles. The molecule has 5 atom stereocenters. The van der Waals surface area contributed by atoms with Gasteiger partial charge in [0.05, 0.1) is 13.7 Å². The van der Waals surface area contributed by atoms with E-state index in [1.54, 1.807) is 38.3 Å². The molecule has 0 saturated carbocycles. The minimum Gasteiger partial charge on any atom is -0.497 e. The summed E-state index contributed by atoms with van der Waals surface area (Å²) in [5.74, 6) is 0.935. The molecule has 0 aliphatic carbocycles. The Hall–Kier alpha value is -2.95. The fourth-order valence-corrected chi connectivity index (χ4v) is 3.77. The molecule has 0 radical (unpaired) electrons. The number of aliphatic hydroxyl groups excluding tert-OH is 4. The molecule has 1 aliphatic rings. The molecule has 1 aliphatic heterocycles. The third-order valence-corrected chi connectivity index (χ3v) is 5.60. The first kappa shape index (κ1) is 22.3. The predicted octanol–water partition coefficient (Wildman–Crippen LogP) is 0.956. The predicted molar refractivity (Wildman–Crippen MR) is 114 cm³/mol. The lowest BCUT2D eigenvalue weighted by Gasteiger charge is -2.39. The maximum atomic E-state index is 12.3. The topological polar surface area (TPSA) is 139 Å². The van der Waals surface area contributed by atoms with Gasteiger partial charge >= 0.3 is 5.63 Å². The number of hydrogen-bond acceptors (Lipinski definition) is 9. The molecular formula is C23H24O9. The van der Waals surface area contributed by atoms with Crippen molar-refractivity contribution >= 4 is 11.0 Å². The second-order valence-electron chi connectivity index (χ2n) is 7.59. The van der Waals surface area contributed by atoms with E-state index in [9.17, 15) is 25.2 Å². The molecule has 9 heteroatoms. The number of aryl methyl sites for hydroxylation is 1. The highest BCUT2D eigenvalue weighted by Gasteiger charge is 2.44. The van der Waals surface area contributed by atoms with Crippen LogP contribution in [0.3, 0.4) is 0 Å². The molecule has 0 amide bonds. The summed E-state index contributed by atoms with van der Waals surface area (Å²) in [6, 6.07) is 12.0. The van der Waals surface area contributed by atoms with Crippen molar-refractivity contribution < 1.29 is 39.1 Å². The van der Waals surface area contributed by atoms with Gasteiger partial charge in [0.25, 0.3) is 0 Å². The molecule has 9 nitrogen and oxygen atoms in total. The normalized spacial score (nSPS) is 25.6. The van der Waals surface area contributed by atoms with E-state index < -0.39 is 42.9 Å². The first-order valence-electron chi connectivity index (χ1n) is 10.0.